The highest BCUT2D eigenvalue weighted by molar-refractivity contribution is 5.99. The normalized spacial score (nSPS) is 15.7. The third-order valence-corrected chi connectivity index (χ3v) is 7.42. The summed E-state index contributed by atoms with van der Waals surface area (Å²) in [5, 5.41) is 12.4. The van der Waals surface area contributed by atoms with Gasteiger partial charge in [-0.05, 0) is 49.4 Å². The van der Waals surface area contributed by atoms with E-state index in [0.29, 0.717) is 24.0 Å². The second kappa shape index (κ2) is 14.8. The number of likely N-dealkylation sites (tertiary alicyclic amines) is 1. The lowest BCUT2D eigenvalue weighted by atomic mass is 10.0. The van der Waals surface area contributed by atoms with Crippen LogP contribution >= 0.6 is 0 Å². The van der Waals surface area contributed by atoms with E-state index in [1.54, 1.807) is 54.6 Å². The molecule has 2 N–H and O–H groups in total. The van der Waals surface area contributed by atoms with Crippen LogP contribution in [0.25, 0.3) is 0 Å². The number of nitrogens with zero attached hydrogens (tertiary/aromatic N) is 2. The number of aliphatic carboxylic acids is 1. The van der Waals surface area contributed by atoms with Gasteiger partial charge in [0.2, 0.25) is 5.91 Å². The molecule has 0 aliphatic carbocycles. The molecular weight excluding hydrogens is 550 g/mol. The lowest BCUT2D eigenvalue weighted by molar-refractivity contribution is -0.150. The van der Waals surface area contributed by atoms with Crippen LogP contribution in [0.1, 0.15) is 41.3 Å². The maximum atomic E-state index is 13.8. The third kappa shape index (κ3) is 8.28. The quantitative estimate of drug-likeness (QED) is 0.331. The van der Waals surface area contributed by atoms with Crippen LogP contribution in [0.5, 0.6) is 0 Å². The van der Waals surface area contributed by atoms with Crippen LogP contribution < -0.4 is 5.32 Å². The Hall–Kier alpha value is -4.99. The van der Waals surface area contributed by atoms with E-state index in [-0.39, 0.29) is 19.6 Å². The van der Waals surface area contributed by atoms with Gasteiger partial charge in [0.1, 0.15) is 18.7 Å². The molecule has 1 saturated heterocycles. The van der Waals surface area contributed by atoms with Crippen molar-refractivity contribution in [2.24, 2.45) is 0 Å². The second-order valence-electron chi connectivity index (χ2n) is 10.4. The molecule has 1 fully saturated rings. The number of ether oxygens (including phenoxy) is 1. The van der Waals surface area contributed by atoms with Crippen molar-refractivity contribution in [3.63, 3.8) is 0 Å². The van der Waals surface area contributed by atoms with E-state index in [1.165, 1.54) is 11.8 Å². The summed E-state index contributed by atoms with van der Waals surface area (Å²) in [4.78, 5) is 67.9. The topological polar surface area (TPSA) is 133 Å². The summed E-state index contributed by atoms with van der Waals surface area (Å²) in [7, 11) is 0. The SMILES string of the molecule is C[C@@H](C(=O)N1CCC[C@H]1C(=O)O)N(CC(=O)[C@H](Cc1ccccc1)NC(=O)c1ccccc1)C(=O)OCc1ccccc1. The zero-order valence-corrected chi connectivity index (χ0v) is 23.9. The first-order valence-corrected chi connectivity index (χ1v) is 14.2. The van der Waals surface area contributed by atoms with Crippen LogP contribution in [0.3, 0.4) is 0 Å². The number of carbonyl (C=O) groups is 5. The predicted octanol–water partition coefficient (Wildman–Crippen LogP) is 3.70. The molecule has 4 rings (SSSR count). The van der Waals surface area contributed by atoms with Crippen molar-refractivity contribution in [1.82, 2.24) is 15.1 Å². The van der Waals surface area contributed by atoms with Gasteiger partial charge in [0.25, 0.3) is 5.91 Å². The summed E-state index contributed by atoms with van der Waals surface area (Å²) in [6, 6.07) is 23.3. The summed E-state index contributed by atoms with van der Waals surface area (Å²) >= 11 is 0. The fourth-order valence-corrected chi connectivity index (χ4v) is 5.03. The number of carboxylic acids is 1. The van der Waals surface area contributed by atoms with Crippen LogP contribution in [-0.4, -0.2) is 75.8 Å². The molecule has 0 bridgehead atoms. The van der Waals surface area contributed by atoms with E-state index in [9.17, 15) is 29.1 Å². The molecule has 10 nitrogen and oxygen atoms in total. The molecule has 3 aromatic rings. The Morgan fingerprint density at radius 3 is 2.09 bits per heavy atom. The van der Waals surface area contributed by atoms with Gasteiger partial charge in [-0.2, -0.15) is 0 Å². The minimum Gasteiger partial charge on any atom is -0.480 e. The zero-order chi connectivity index (χ0) is 30.8. The first-order valence-electron chi connectivity index (χ1n) is 14.2. The molecule has 224 valence electrons. The highest BCUT2D eigenvalue weighted by Crippen LogP contribution is 2.21. The van der Waals surface area contributed by atoms with Crippen molar-refractivity contribution < 1.29 is 33.8 Å². The Balaban J connectivity index is 1.58. The summed E-state index contributed by atoms with van der Waals surface area (Å²) in [5.74, 6) is -2.69. The van der Waals surface area contributed by atoms with E-state index in [2.05, 4.69) is 5.32 Å². The Kier molecular flexibility index (Phi) is 10.6. The first kappa shape index (κ1) is 31.0. The molecule has 3 aromatic carbocycles. The largest absolute Gasteiger partial charge is 0.480 e. The molecule has 0 saturated carbocycles. The molecule has 3 atom stereocenters. The Bertz CT molecular complexity index is 1420. The lowest BCUT2D eigenvalue weighted by Crippen LogP contribution is -2.55. The second-order valence-corrected chi connectivity index (χ2v) is 10.4. The maximum Gasteiger partial charge on any atom is 0.411 e. The average molecular weight is 586 g/mol. The number of amides is 3. The van der Waals surface area contributed by atoms with Crippen LogP contribution in [0.4, 0.5) is 4.79 Å². The van der Waals surface area contributed by atoms with Crippen molar-refractivity contribution >= 4 is 29.7 Å². The fraction of sp³-hybridized carbons (Fsp3) is 0.303. The lowest BCUT2D eigenvalue weighted by Gasteiger charge is -2.32. The minimum atomic E-state index is -1.20. The van der Waals surface area contributed by atoms with E-state index in [0.717, 1.165) is 10.5 Å². The molecule has 0 aromatic heterocycles. The van der Waals surface area contributed by atoms with Gasteiger partial charge in [-0.15, -0.1) is 0 Å². The predicted molar refractivity (Wildman–Crippen MR) is 158 cm³/mol. The molecule has 1 aliphatic rings. The number of ketones is 1. The van der Waals surface area contributed by atoms with Crippen molar-refractivity contribution in [2.45, 2.75) is 50.9 Å². The van der Waals surface area contributed by atoms with Crippen LogP contribution in [0.15, 0.2) is 91.0 Å². The number of hydrogen-bond acceptors (Lipinski definition) is 6. The molecule has 43 heavy (non-hydrogen) atoms. The Morgan fingerprint density at radius 1 is 0.907 bits per heavy atom. The monoisotopic (exact) mass is 585 g/mol. The standard InChI is InChI=1S/C33H35N3O7/c1-23(31(39)35-19-11-18-28(35)32(40)41)36(33(42)43-22-25-14-7-3-8-15-25)21-29(37)27(20-24-12-5-2-6-13-24)34-30(38)26-16-9-4-10-17-26/h2-10,12-17,23,27-28H,11,18-22H2,1H3,(H,34,38)(H,40,41)/t23-,27-,28-/m0/s1. The van der Waals surface area contributed by atoms with Gasteiger partial charge in [0, 0.05) is 12.1 Å². The van der Waals surface area contributed by atoms with Gasteiger partial charge in [-0.25, -0.2) is 9.59 Å². The maximum absolute atomic E-state index is 13.8. The number of hydrogen-bond donors (Lipinski definition) is 2. The van der Waals surface area contributed by atoms with Crippen LogP contribution in [-0.2, 0) is 32.1 Å². The average Bonchev–Trinajstić information content (AvgIpc) is 3.53. The molecule has 0 spiro atoms. The molecule has 10 heteroatoms. The first-order chi connectivity index (χ1) is 20.7. The summed E-state index contributed by atoms with van der Waals surface area (Å²) in [6.07, 6.45) is 0.0607. The molecule has 0 unspecified atom stereocenters. The number of benzene rings is 3. The van der Waals surface area contributed by atoms with Gasteiger partial charge in [0.15, 0.2) is 5.78 Å². The van der Waals surface area contributed by atoms with Crippen molar-refractivity contribution in [3.05, 3.63) is 108 Å². The zero-order valence-electron chi connectivity index (χ0n) is 23.9. The summed E-state index contributed by atoms with van der Waals surface area (Å²) in [6.45, 7) is 1.04. The van der Waals surface area contributed by atoms with Gasteiger partial charge >= 0.3 is 12.1 Å². The van der Waals surface area contributed by atoms with Crippen molar-refractivity contribution in [1.29, 1.82) is 0 Å². The van der Waals surface area contributed by atoms with E-state index < -0.39 is 54.3 Å². The van der Waals surface area contributed by atoms with Crippen LogP contribution in [0.2, 0.25) is 0 Å². The fourth-order valence-electron chi connectivity index (χ4n) is 5.03. The van der Waals surface area contributed by atoms with E-state index in [1.807, 2.05) is 36.4 Å². The van der Waals surface area contributed by atoms with Crippen LogP contribution in [0, 0.1) is 0 Å². The van der Waals surface area contributed by atoms with Gasteiger partial charge in [-0.1, -0.05) is 78.9 Å². The molecule has 3 amide bonds. The van der Waals surface area contributed by atoms with E-state index >= 15 is 0 Å². The molecule has 1 heterocycles. The number of Topliss-reactive ketones (excluding diaryl/α,β-unsaturated/α-hetero) is 1. The summed E-state index contributed by atoms with van der Waals surface area (Å²) in [5.41, 5.74) is 1.87. The number of nitrogens with one attached hydrogen (secondary N) is 1. The van der Waals surface area contributed by atoms with E-state index in [4.69, 9.17) is 4.74 Å². The van der Waals surface area contributed by atoms with Gasteiger partial charge < -0.3 is 20.1 Å². The number of carbonyl (C=O) groups excluding carboxylic acids is 4. The Labute approximate surface area is 250 Å². The van der Waals surface area contributed by atoms with Gasteiger partial charge in [-0.3, -0.25) is 19.3 Å². The van der Waals surface area contributed by atoms with Crippen molar-refractivity contribution in [3.8, 4) is 0 Å². The Morgan fingerprint density at radius 2 is 1.49 bits per heavy atom. The third-order valence-electron chi connectivity index (χ3n) is 7.42. The number of rotatable bonds is 12. The highest BCUT2D eigenvalue weighted by atomic mass is 16.6. The minimum absolute atomic E-state index is 0.0923. The smallest absolute Gasteiger partial charge is 0.411 e. The molecule has 0 radical (unpaired) electrons. The molecule has 1 aliphatic heterocycles. The number of carboxylic acid groups (broad SMARTS) is 1. The molecular formula is C33H35N3O7. The highest BCUT2D eigenvalue weighted by Gasteiger charge is 2.40. The summed E-state index contributed by atoms with van der Waals surface area (Å²) < 4.78 is 5.51. The van der Waals surface area contributed by atoms with Crippen molar-refractivity contribution in [2.75, 3.05) is 13.1 Å². The van der Waals surface area contributed by atoms with Gasteiger partial charge in [0.05, 0.1) is 12.6 Å².